The summed E-state index contributed by atoms with van der Waals surface area (Å²) in [5.41, 5.74) is 1.89. The van der Waals surface area contributed by atoms with Gasteiger partial charge in [-0.25, -0.2) is 0 Å². The lowest BCUT2D eigenvalue weighted by Crippen LogP contribution is -2.35. The first-order chi connectivity index (χ1) is 11.7. The van der Waals surface area contributed by atoms with Gasteiger partial charge in [0.05, 0.1) is 6.61 Å². The molecule has 0 spiro atoms. The third-order valence-electron chi connectivity index (χ3n) is 3.99. The predicted molar refractivity (Wildman–Crippen MR) is 93.4 cm³/mol. The van der Waals surface area contributed by atoms with Crippen molar-refractivity contribution in [2.75, 3.05) is 6.61 Å². The van der Waals surface area contributed by atoms with Gasteiger partial charge < -0.3 is 14.9 Å². The first-order valence-corrected chi connectivity index (χ1v) is 7.90. The van der Waals surface area contributed by atoms with Crippen LogP contribution in [0.15, 0.2) is 91.0 Å². The fraction of sp³-hybridized carbons (Fsp3) is 0.143. The molecule has 3 aromatic rings. The Morgan fingerprint density at radius 2 is 0.958 bits per heavy atom. The molecule has 0 aliphatic rings. The Hall–Kier alpha value is -2.46. The highest BCUT2D eigenvalue weighted by Crippen LogP contribution is 2.40. The highest BCUT2D eigenvalue weighted by Gasteiger charge is 2.37. The van der Waals surface area contributed by atoms with Gasteiger partial charge in [-0.05, 0) is 16.7 Å². The molecule has 0 saturated heterocycles. The Morgan fingerprint density at radius 3 is 1.25 bits per heavy atom. The fourth-order valence-electron chi connectivity index (χ4n) is 2.97. The average molecular weight is 320 g/mol. The lowest BCUT2D eigenvalue weighted by Gasteiger charge is -2.36. The molecule has 0 fully saturated rings. The van der Waals surface area contributed by atoms with Crippen molar-refractivity contribution in [2.45, 2.75) is 11.9 Å². The monoisotopic (exact) mass is 320 g/mol. The second kappa shape index (κ2) is 7.41. The maximum absolute atomic E-state index is 9.39. The molecule has 0 saturated carbocycles. The Morgan fingerprint density at radius 1 is 0.625 bits per heavy atom. The minimum Gasteiger partial charge on any atom is -0.366 e. The van der Waals surface area contributed by atoms with E-state index >= 15 is 0 Å². The summed E-state index contributed by atoms with van der Waals surface area (Å²) >= 11 is 0. The molecule has 122 valence electrons. The lowest BCUT2D eigenvalue weighted by atomic mass is 9.80. The van der Waals surface area contributed by atoms with E-state index in [9.17, 15) is 10.2 Å². The van der Waals surface area contributed by atoms with Crippen LogP contribution in [0.3, 0.4) is 0 Å². The molecule has 3 heteroatoms. The largest absolute Gasteiger partial charge is 0.366 e. The summed E-state index contributed by atoms with van der Waals surface area (Å²) in [7, 11) is 0. The SMILES string of the molecule is OC(O)COC(c1ccccc1)(c1ccccc1)c1ccccc1. The van der Waals surface area contributed by atoms with Crippen LogP contribution in [0, 0.1) is 0 Å². The Kier molecular flexibility index (Phi) is 5.06. The van der Waals surface area contributed by atoms with E-state index in [1.165, 1.54) is 0 Å². The number of aliphatic hydroxyl groups excluding tert-OH is 1. The summed E-state index contributed by atoms with van der Waals surface area (Å²) in [6.45, 7) is -0.196. The van der Waals surface area contributed by atoms with Crippen molar-refractivity contribution in [3.05, 3.63) is 108 Å². The molecule has 0 bridgehead atoms. The number of rotatable bonds is 6. The van der Waals surface area contributed by atoms with Gasteiger partial charge in [0.1, 0.15) is 5.60 Å². The lowest BCUT2D eigenvalue weighted by molar-refractivity contribution is -0.125. The second-order valence-electron chi connectivity index (χ2n) is 5.57. The molecule has 0 aliphatic carbocycles. The van der Waals surface area contributed by atoms with Crippen LogP contribution in [0.5, 0.6) is 0 Å². The minimum absolute atomic E-state index is 0.196. The first-order valence-electron chi connectivity index (χ1n) is 7.90. The quantitative estimate of drug-likeness (QED) is 0.541. The number of hydrogen-bond acceptors (Lipinski definition) is 3. The molecular weight excluding hydrogens is 300 g/mol. The topological polar surface area (TPSA) is 49.7 Å². The van der Waals surface area contributed by atoms with Crippen LogP contribution in [0.25, 0.3) is 0 Å². The molecule has 24 heavy (non-hydrogen) atoms. The van der Waals surface area contributed by atoms with E-state index in [-0.39, 0.29) is 6.61 Å². The minimum atomic E-state index is -1.54. The van der Waals surface area contributed by atoms with E-state index in [2.05, 4.69) is 0 Å². The zero-order valence-corrected chi connectivity index (χ0v) is 13.2. The first kappa shape index (κ1) is 16.4. The molecule has 3 nitrogen and oxygen atoms in total. The fourth-order valence-corrected chi connectivity index (χ4v) is 2.97. The molecule has 0 amide bonds. The van der Waals surface area contributed by atoms with Gasteiger partial charge in [0, 0.05) is 0 Å². The van der Waals surface area contributed by atoms with E-state index in [1.807, 2.05) is 91.0 Å². The summed E-state index contributed by atoms with van der Waals surface area (Å²) in [6, 6.07) is 29.5. The Balaban J connectivity index is 2.24. The van der Waals surface area contributed by atoms with Crippen molar-refractivity contribution in [3.8, 4) is 0 Å². The molecule has 3 rings (SSSR count). The molecule has 0 aliphatic heterocycles. The molecule has 0 unspecified atom stereocenters. The maximum Gasteiger partial charge on any atom is 0.175 e. The van der Waals surface area contributed by atoms with Gasteiger partial charge in [0.2, 0.25) is 0 Å². The molecule has 0 aromatic heterocycles. The van der Waals surface area contributed by atoms with E-state index < -0.39 is 11.9 Å². The molecule has 0 radical (unpaired) electrons. The molecular formula is C21H20O3. The van der Waals surface area contributed by atoms with E-state index in [0.29, 0.717) is 0 Å². The summed E-state index contributed by atoms with van der Waals surface area (Å²) in [5, 5.41) is 18.8. The van der Waals surface area contributed by atoms with E-state index in [0.717, 1.165) is 16.7 Å². The zero-order valence-electron chi connectivity index (χ0n) is 13.2. The molecule has 3 aromatic carbocycles. The van der Waals surface area contributed by atoms with Gasteiger partial charge in [0.15, 0.2) is 6.29 Å². The maximum atomic E-state index is 9.39. The number of ether oxygens (including phenoxy) is 1. The molecule has 0 heterocycles. The van der Waals surface area contributed by atoms with Crippen molar-refractivity contribution in [1.29, 1.82) is 0 Å². The van der Waals surface area contributed by atoms with E-state index in [1.54, 1.807) is 0 Å². The van der Waals surface area contributed by atoms with Gasteiger partial charge in [0.25, 0.3) is 0 Å². The van der Waals surface area contributed by atoms with Crippen LogP contribution in [0.1, 0.15) is 16.7 Å². The predicted octanol–water partition coefficient (Wildman–Crippen LogP) is 3.31. The highest BCUT2D eigenvalue weighted by molar-refractivity contribution is 5.47. The van der Waals surface area contributed by atoms with Crippen LogP contribution in [0.4, 0.5) is 0 Å². The van der Waals surface area contributed by atoms with Crippen LogP contribution < -0.4 is 0 Å². The Labute approximate surface area is 141 Å². The summed E-state index contributed by atoms with van der Waals surface area (Å²) < 4.78 is 6.15. The van der Waals surface area contributed by atoms with Crippen LogP contribution in [0.2, 0.25) is 0 Å². The van der Waals surface area contributed by atoms with Crippen molar-refractivity contribution >= 4 is 0 Å². The standard InChI is InChI=1S/C21H20O3/c22-20(23)16-24-21(17-10-4-1-5-11-17,18-12-6-2-7-13-18)19-14-8-3-9-15-19/h1-15,20,22-23H,16H2. The Bertz CT molecular complexity index is 643. The van der Waals surface area contributed by atoms with Gasteiger partial charge in [-0.15, -0.1) is 0 Å². The van der Waals surface area contributed by atoms with E-state index in [4.69, 9.17) is 4.74 Å². The van der Waals surface area contributed by atoms with Crippen LogP contribution in [-0.4, -0.2) is 23.1 Å². The zero-order chi connectivity index (χ0) is 16.8. The summed E-state index contributed by atoms with van der Waals surface area (Å²) in [6.07, 6.45) is -1.54. The van der Waals surface area contributed by atoms with Gasteiger partial charge in [-0.2, -0.15) is 0 Å². The normalized spacial score (nSPS) is 11.6. The third kappa shape index (κ3) is 3.24. The average Bonchev–Trinajstić information content (AvgIpc) is 2.65. The smallest absolute Gasteiger partial charge is 0.175 e. The number of benzene rings is 3. The summed E-state index contributed by atoms with van der Waals surface area (Å²) in [5.74, 6) is 0. The number of hydrogen-bond donors (Lipinski definition) is 2. The third-order valence-corrected chi connectivity index (χ3v) is 3.99. The van der Waals surface area contributed by atoms with Crippen LogP contribution in [-0.2, 0) is 10.3 Å². The van der Waals surface area contributed by atoms with Crippen LogP contribution >= 0.6 is 0 Å². The molecule has 0 atom stereocenters. The van der Waals surface area contributed by atoms with Gasteiger partial charge in [-0.1, -0.05) is 91.0 Å². The number of aliphatic hydroxyl groups is 2. The second-order valence-corrected chi connectivity index (χ2v) is 5.57. The highest BCUT2D eigenvalue weighted by atomic mass is 16.6. The van der Waals surface area contributed by atoms with Crippen molar-refractivity contribution < 1.29 is 14.9 Å². The van der Waals surface area contributed by atoms with Gasteiger partial charge in [-0.3, -0.25) is 0 Å². The van der Waals surface area contributed by atoms with Crippen molar-refractivity contribution in [2.24, 2.45) is 0 Å². The summed E-state index contributed by atoms with van der Waals surface area (Å²) in [4.78, 5) is 0. The molecule has 2 N–H and O–H groups in total. The van der Waals surface area contributed by atoms with Crippen molar-refractivity contribution in [1.82, 2.24) is 0 Å². The van der Waals surface area contributed by atoms with Gasteiger partial charge >= 0.3 is 0 Å². The van der Waals surface area contributed by atoms with Crippen molar-refractivity contribution in [3.63, 3.8) is 0 Å².